The van der Waals surface area contributed by atoms with Gasteiger partial charge in [-0.2, -0.15) is 4.31 Å². The second kappa shape index (κ2) is 12.9. The Kier molecular flexibility index (Phi) is 8.97. The van der Waals surface area contributed by atoms with Gasteiger partial charge < -0.3 is 15.0 Å². The van der Waals surface area contributed by atoms with Crippen LogP contribution in [0.5, 0.6) is 0 Å². The molecule has 43 heavy (non-hydrogen) atoms. The van der Waals surface area contributed by atoms with Crippen molar-refractivity contribution in [1.82, 2.24) is 14.1 Å². The average Bonchev–Trinajstić information content (AvgIpc) is 3.38. The predicted octanol–water partition coefficient (Wildman–Crippen LogP) is 4.59. The molecule has 2 saturated heterocycles. The van der Waals surface area contributed by atoms with E-state index in [-0.39, 0.29) is 22.8 Å². The number of fused-ring (bicyclic) bond motifs is 1. The third-order valence-electron chi connectivity index (χ3n) is 8.59. The fourth-order valence-corrected chi connectivity index (χ4v) is 9.17. The lowest BCUT2D eigenvalue weighted by molar-refractivity contribution is 0.0302. The van der Waals surface area contributed by atoms with Gasteiger partial charge in [-0.1, -0.05) is 36.8 Å². The fourth-order valence-electron chi connectivity index (χ4n) is 6.19. The lowest BCUT2D eigenvalue weighted by Crippen LogP contribution is -2.41. The Morgan fingerprint density at radius 1 is 0.977 bits per heavy atom. The van der Waals surface area contributed by atoms with E-state index in [0.717, 1.165) is 49.2 Å². The van der Waals surface area contributed by atoms with Crippen LogP contribution in [-0.4, -0.2) is 79.8 Å². The number of benzene rings is 2. The number of nitrogens with zero attached hydrogens (tertiary/aromatic N) is 3. The zero-order chi connectivity index (χ0) is 30.0. The molecule has 0 radical (unpaired) electrons. The van der Waals surface area contributed by atoms with E-state index >= 15 is 0 Å². The van der Waals surface area contributed by atoms with Gasteiger partial charge in [0, 0.05) is 55.8 Å². The van der Waals surface area contributed by atoms with E-state index in [1.54, 1.807) is 21.3 Å². The molecule has 11 heteroatoms. The Labute approximate surface area is 257 Å². The van der Waals surface area contributed by atoms with Crippen molar-refractivity contribution in [3.05, 3.63) is 81.7 Å². The maximum absolute atomic E-state index is 13.8. The number of nitrogens with one attached hydrogen (secondary N) is 1. The third kappa shape index (κ3) is 6.41. The number of piperidine rings is 1. The minimum Gasteiger partial charge on any atom is -0.378 e. The van der Waals surface area contributed by atoms with Crippen LogP contribution in [0.1, 0.15) is 62.9 Å². The molecule has 4 heterocycles. The van der Waals surface area contributed by atoms with Crippen molar-refractivity contribution in [2.45, 2.75) is 56.6 Å². The maximum atomic E-state index is 13.8. The van der Waals surface area contributed by atoms with Crippen LogP contribution in [0.2, 0.25) is 0 Å². The van der Waals surface area contributed by atoms with Gasteiger partial charge in [-0.25, -0.2) is 8.42 Å². The van der Waals surface area contributed by atoms with Crippen molar-refractivity contribution in [3.8, 4) is 0 Å². The largest absolute Gasteiger partial charge is 0.378 e. The molecular formula is C32H38N4O5S2. The summed E-state index contributed by atoms with van der Waals surface area (Å²) in [5, 5.41) is 3.57. The first-order valence-corrected chi connectivity index (χ1v) is 17.3. The van der Waals surface area contributed by atoms with Crippen molar-refractivity contribution in [3.63, 3.8) is 0 Å². The van der Waals surface area contributed by atoms with Crippen molar-refractivity contribution in [1.29, 1.82) is 0 Å². The van der Waals surface area contributed by atoms with Gasteiger partial charge >= 0.3 is 0 Å². The number of carbonyl (C=O) groups is 2. The quantitative estimate of drug-likeness (QED) is 0.414. The summed E-state index contributed by atoms with van der Waals surface area (Å²) in [6.45, 7) is 6.82. The summed E-state index contributed by atoms with van der Waals surface area (Å²) in [7, 11) is -3.63. The number of morpholine rings is 1. The third-order valence-corrected chi connectivity index (χ3v) is 11.7. The summed E-state index contributed by atoms with van der Waals surface area (Å²) >= 11 is 1.46. The van der Waals surface area contributed by atoms with E-state index in [4.69, 9.17) is 4.74 Å². The molecular weight excluding hydrogens is 585 g/mol. The highest BCUT2D eigenvalue weighted by Gasteiger charge is 2.33. The molecule has 2 aromatic carbocycles. The van der Waals surface area contributed by atoms with Crippen molar-refractivity contribution >= 4 is 38.2 Å². The normalized spacial score (nSPS) is 20.0. The highest BCUT2D eigenvalue weighted by atomic mass is 32.2. The summed E-state index contributed by atoms with van der Waals surface area (Å²) in [5.74, 6) is -0.448. The second-order valence-electron chi connectivity index (χ2n) is 11.5. The van der Waals surface area contributed by atoms with Gasteiger partial charge in [0.15, 0.2) is 0 Å². The van der Waals surface area contributed by atoms with Crippen LogP contribution in [0.4, 0.5) is 5.00 Å². The summed E-state index contributed by atoms with van der Waals surface area (Å²) in [6, 6.07) is 16.4. The number of anilines is 1. The van der Waals surface area contributed by atoms with E-state index < -0.39 is 10.0 Å². The molecule has 0 spiro atoms. The molecule has 228 valence electrons. The summed E-state index contributed by atoms with van der Waals surface area (Å²) in [6.07, 6.45) is 3.45. The number of rotatable bonds is 7. The molecule has 3 aromatic rings. The van der Waals surface area contributed by atoms with Crippen molar-refractivity contribution in [2.24, 2.45) is 0 Å². The first kappa shape index (κ1) is 30.0. The Hall–Kier alpha value is -3.09. The smallest absolute Gasteiger partial charge is 0.257 e. The van der Waals surface area contributed by atoms with Crippen molar-refractivity contribution in [2.75, 3.05) is 44.7 Å². The van der Waals surface area contributed by atoms with Crippen LogP contribution >= 0.6 is 11.3 Å². The average molecular weight is 623 g/mol. The molecule has 3 aliphatic rings. The molecule has 3 aliphatic heterocycles. The van der Waals surface area contributed by atoms with Gasteiger partial charge in [0.05, 0.1) is 23.7 Å². The molecule has 0 aliphatic carbocycles. The minimum absolute atomic E-state index is 0.0439. The number of amides is 2. The van der Waals surface area contributed by atoms with Crippen molar-refractivity contribution < 1.29 is 22.7 Å². The van der Waals surface area contributed by atoms with Gasteiger partial charge in [0.2, 0.25) is 10.0 Å². The molecule has 2 fully saturated rings. The van der Waals surface area contributed by atoms with Crippen LogP contribution in [-0.2, 0) is 34.3 Å². The molecule has 6 rings (SSSR count). The summed E-state index contributed by atoms with van der Waals surface area (Å²) in [5.41, 5.74) is 3.17. The molecule has 0 saturated carbocycles. The Balaban J connectivity index is 1.24. The topological polar surface area (TPSA) is 99.3 Å². The lowest BCUT2D eigenvalue weighted by Gasteiger charge is -2.32. The lowest BCUT2D eigenvalue weighted by atomic mass is 10.0. The number of hydrogen-bond donors (Lipinski definition) is 1. The molecule has 1 aromatic heterocycles. The molecule has 1 atom stereocenters. The van der Waals surface area contributed by atoms with Crippen LogP contribution in [0.15, 0.2) is 59.5 Å². The SMILES string of the molecule is CC1CCCCN1S(=O)(=O)c1ccc(C(=O)Nc2sc3c(c2C(=O)N2CCOCC2)CCN(Cc2ccccc2)C3)cc1. The summed E-state index contributed by atoms with van der Waals surface area (Å²) < 4.78 is 33.6. The van der Waals surface area contributed by atoms with E-state index in [1.807, 2.05) is 25.1 Å². The number of hydrogen-bond acceptors (Lipinski definition) is 7. The van der Waals surface area contributed by atoms with E-state index in [1.165, 1.54) is 29.0 Å². The van der Waals surface area contributed by atoms with E-state index in [9.17, 15) is 18.0 Å². The predicted molar refractivity (Wildman–Crippen MR) is 167 cm³/mol. The first-order chi connectivity index (χ1) is 20.8. The number of thiophene rings is 1. The number of carbonyl (C=O) groups excluding carboxylic acids is 2. The highest BCUT2D eigenvalue weighted by Crippen LogP contribution is 2.39. The number of ether oxygens (including phenoxy) is 1. The van der Waals surface area contributed by atoms with Crippen LogP contribution < -0.4 is 5.32 Å². The molecule has 2 amide bonds. The van der Waals surface area contributed by atoms with Crippen LogP contribution in [0.3, 0.4) is 0 Å². The van der Waals surface area contributed by atoms with Crippen LogP contribution in [0, 0.1) is 0 Å². The monoisotopic (exact) mass is 622 g/mol. The minimum atomic E-state index is -3.63. The molecule has 0 bridgehead atoms. The standard InChI is InChI=1S/C32H38N4O5S2/c1-23-7-5-6-15-36(23)43(39,40)26-12-10-25(11-13-26)30(37)33-31-29(32(38)35-17-19-41-20-18-35)27-14-16-34(22-28(27)42-31)21-24-8-3-2-4-9-24/h2-4,8-13,23H,5-7,14-22H2,1H3,(H,33,37). The first-order valence-electron chi connectivity index (χ1n) is 15.0. The van der Waals surface area contributed by atoms with E-state index in [0.29, 0.717) is 55.5 Å². The van der Waals surface area contributed by atoms with Gasteiger partial charge in [0.25, 0.3) is 11.8 Å². The molecule has 1 N–H and O–H groups in total. The number of sulfonamides is 1. The highest BCUT2D eigenvalue weighted by molar-refractivity contribution is 7.89. The van der Waals surface area contributed by atoms with Gasteiger partial charge in [0.1, 0.15) is 5.00 Å². The van der Waals surface area contributed by atoms with Gasteiger partial charge in [-0.05, 0) is 61.6 Å². The Morgan fingerprint density at radius 2 is 1.72 bits per heavy atom. The second-order valence-corrected chi connectivity index (χ2v) is 14.5. The molecule has 9 nitrogen and oxygen atoms in total. The molecule has 1 unspecified atom stereocenters. The zero-order valence-electron chi connectivity index (χ0n) is 24.5. The Bertz CT molecular complexity index is 1570. The van der Waals surface area contributed by atoms with Gasteiger partial charge in [-0.15, -0.1) is 11.3 Å². The maximum Gasteiger partial charge on any atom is 0.257 e. The Morgan fingerprint density at radius 3 is 2.44 bits per heavy atom. The van der Waals surface area contributed by atoms with E-state index in [2.05, 4.69) is 22.3 Å². The zero-order valence-corrected chi connectivity index (χ0v) is 26.1. The summed E-state index contributed by atoms with van der Waals surface area (Å²) in [4.78, 5) is 32.7. The fraction of sp³-hybridized carbons (Fsp3) is 0.438. The van der Waals surface area contributed by atoms with Crippen LogP contribution in [0.25, 0.3) is 0 Å². The van der Waals surface area contributed by atoms with Gasteiger partial charge in [-0.3, -0.25) is 14.5 Å².